The summed E-state index contributed by atoms with van der Waals surface area (Å²) in [5, 5.41) is 6.74. The number of hydrazone groups is 1. The SMILES string of the molecule is Cc1[nH]n(-c2ccccc2)c(=O)c1/C=N\NC(=O)[C@@H](C)SCc1ccccc1. The van der Waals surface area contributed by atoms with Crippen LogP contribution in [0.1, 0.15) is 23.7 Å². The number of para-hydroxylation sites is 1. The fourth-order valence-electron chi connectivity index (χ4n) is 2.59. The molecule has 144 valence electrons. The predicted octanol–water partition coefficient (Wildman–Crippen LogP) is 3.25. The van der Waals surface area contributed by atoms with Crippen molar-refractivity contribution < 1.29 is 4.79 Å². The van der Waals surface area contributed by atoms with E-state index in [4.69, 9.17) is 0 Å². The van der Waals surface area contributed by atoms with Crippen LogP contribution in [0.3, 0.4) is 0 Å². The zero-order valence-electron chi connectivity index (χ0n) is 15.8. The van der Waals surface area contributed by atoms with Gasteiger partial charge in [0.2, 0.25) is 0 Å². The molecule has 1 aromatic heterocycles. The second kappa shape index (κ2) is 9.23. The number of amides is 1. The smallest absolute Gasteiger partial charge is 0.280 e. The Balaban J connectivity index is 1.60. The van der Waals surface area contributed by atoms with E-state index in [1.807, 2.05) is 67.6 Å². The van der Waals surface area contributed by atoms with E-state index in [0.29, 0.717) is 11.3 Å². The quantitative estimate of drug-likeness (QED) is 0.477. The molecule has 0 aliphatic carbocycles. The minimum atomic E-state index is -0.259. The van der Waals surface area contributed by atoms with Crippen molar-refractivity contribution in [2.45, 2.75) is 24.9 Å². The molecule has 3 aromatic rings. The van der Waals surface area contributed by atoms with Crippen molar-refractivity contribution in [3.8, 4) is 5.69 Å². The highest BCUT2D eigenvalue weighted by Gasteiger charge is 2.14. The number of benzene rings is 2. The zero-order chi connectivity index (χ0) is 19.9. The molecule has 7 heteroatoms. The number of carbonyl (C=O) groups is 1. The molecule has 1 atom stereocenters. The van der Waals surface area contributed by atoms with Gasteiger partial charge in [0, 0.05) is 11.4 Å². The first-order valence-corrected chi connectivity index (χ1v) is 9.96. The van der Waals surface area contributed by atoms with E-state index >= 15 is 0 Å². The normalized spacial score (nSPS) is 12.2. The number of nitrogens with zero attached hydrogens (tertiary/aromatic N) is 2. The van der Waals surface area contributed by atoms with Crippen LogP contribution in [0.5, 0.6) is 0 Å². The van der Waals surface area contributed by atoms with Crippen LogP contribution in [0.4, 0.5) is 0 Å². The largest absolute Gasteiger partial charge is 0.295 e. The first-order valence-electron chi connectivity index (χ1n) is 8.91. The van der Waals surface area contributed by atoms with E-state index in [-0.39, 0.29) is 16.7 Å². The second-order valence-corrected chi connectivity index (χ2v) is 7.63. The highest BCUT2D eigenvalue weighted by molar-refractivity contribution is 7.99. The Morgan fingerprint density at radius 2 is 1.82 bits per heavy atom. The van der Waals surface area contributed by atoms with Gasteiger partial charge in [-0.05, 0) is 31.5 Å². The molecule has 0 radical (unpaired) electrons. The van der Waals surface area contributed by atoms with E-state index in [9.17, 15) is 9.59 Å². The molecular weight excluding hydrogens is 372 g/mol. The van der Waals surface area contributed by atoms with Gasteiger partial charge in [0.25, 0.3) is 11.5 Å². The summed E-state index contributed by atoms with van der Waals surface area (Å²) in [6.45, 7) is 3.63. The highest BCUT2D eigenvalue weighted by atomic mass is 32.2. The van der Waals surface area contributed by atoms with E-state index < -0.39 is 0 Å². The third kappa shape index (κ3) is 4.80. The van der Waals surface area contributed by atoms with E-state index in [1.54, 1.807) is 6.92 Å². The molecule has 3 rings (SSSR count). The number of thioether (sulfide) groups is 1. The van der Waals surface area contributed by atoms with Crippen molar-refractivity contribution in [1.82, 2.24) is 15.2 Å². The summed E-state index contributed by atoms with van der Waals surface area (Å²) in [6, 6.07) is 19.3. The molecule has 28 heavy (non-hydrogen) atoms. The summed E-state index contributed by atoms with van der Waals surface area (Å²) in [5.74, 6) is 0.548. The lowest BCUT2D eigenvalue weighted by molar-refractivity contribution is -0.120. The van der Waals surface area contributed by atoms with Crippen molar-refractivity contribution in [3.05, 3.63) is 87.8 Å². The number of carbonyl (C=O) groups excluding carboxylic acids is 1. The van der Waals surface area contributed by atoms with Crippen LogP contribution in [0, 0.1) is 6.92 Å². The van der Waals surface area contributed by atoms with Gasteiger partial charge in [0.05, 0.1) is 22.7 Å². The number of hydrogen-bond donors (Lipinski definition) is 2. The van der Waals surface area contributed by atoms with Crippen molar-refractivity contribution in [1.29, 1.82) is 0 Å². The summed E-state index contributed by atoms with van der Waals surface area (Å²) in [6.07, 6.45) is 1.39. The number of rotatable bonds is 7. The maximum absolute atomic E-state index is 12.6. The highest BCUT2D eigenvalue weighted by Crippen LogP contribution is 2.17. The number of aryl methyl sites for hydroxylation is 1. The molecule has 0 unspecified atom stereocenters. The van der Waals surface area contributed by atoms with E-state index in [0.717, 1.165) is 11.4 Å². The molecule has 0 saturated carbocycles. The van der Waals surface area contributed by atoms with Gasteiger partial charge in [-0.1, -0.05) is 48.5 Å². The Labute approximate surface area is 167 Å². The average Bonchev–Trinajstić information content (AvgIpc) is 3.01. The summed E-state index contributed by atoms with van der Waals surface area (Å²) >= 11 is 1.53. The Morgan fingerprint density at radius 3 is 2.50 bits per heavy atom. The lowest BCUT2D eigenvalue weighted by Gasteiger charge is -2.09. The first kappa shape index (κ1) is 19.7. The van der Waals surface area contributed by atoms with Crippen LogP contribution in [0.25, 0.3) is 5.69 Å². The number of hydrogen-bond acceptors (Lipinski definition) is 4. The van der Waals surface area contributed by atoms with Crippen molar-refractivity contribution in [2.24, 2.45) is 5.10 Å². The van der Waals surface area contributed by atoms with Crippen molar-refractivity contribution in [2.75, 3.05) is 0 Å². The molecule has 0 aliphatic heterocycles. The monoisotopic (exact) mass is 394 g/mol. The van der Waals surface area contributed by atoms with Gasteiger partial charge in [-0.3, -0.25) is 14.7 Å². The Kier molecular flexibility index (Phi) is 6.49. The van der Waals surface area contributed by atoms with Gasteiger partial charge >= 0.3 is 0 Å². The molecule has 0 aliphatic rings. The topological polar surface area (TPSA) is 79.2 Å². The summed E-state index contributed by atoms with van der Waals surface area (Å²) in [7, 11) is 0. The summed E-state index contributed by atoms with van der Waals surface area (Å²) in [5.41, 5.74) is 5.30. The lowest BCUT2D eigenvalue weighted by Crippen LogP contribution is -2.27. The van der Waals surface area contributed by atoms with Crippen LogP contribution < -0.4 is 11.0 Å². The number of nitrogens with one attached hydrogen (secondary N) is 2. The molecule has 6 nitrogen and oxygen atoms in total. The van der Waals surface area contributed by atoms with Gasteiger partial charge in [-0.2, -0.15) is 5.10 Å². The fourth-order valence-corrected chi connectivity index (χ4v) is 3.43. The van der Waals surface area contributed by atoms with Gasteiger partial charge in [0.1, 0.15) is 0 Å². The van der Waals surface area contributed by atoms with Crippen LogP contribution in [0.2, 0.25) is 0 Å². The zero-order valence-corrected chi connectivity index (χ0v) is 16.6. The molecular formula is C21H22N4O2S. The van der Waals surface area contributed by atoms with Crippen LogP contribution in [-0.2, 0) is 10.5 Å². The number of H-pyrrole nitrogens is 1. The van der Waals surface area contributed by atoms with Gasteiger partial charge in [-0.15, -0.1) is 11.8 Å². The Morgan fingerprint density at radius 1 is 1.18 bits per heavy atom. The molecule has 1 amide bonds. The second-order valence-electron chi connectivity index (χ2n) is 6.30. The van der Waals surface area contributed by atoms with E-state index in [1.165, 1.54) is 28.2 Å². The maximum atomic E-state index is 12.6. The first-order chi connectivity index (χ1) is 13.6. The van der Waals surface area contributed by atoms with E-state index in [2.05, 4.69) is 15.6 Å². The summed E-state index contributed by atoms with van der Waals surface area (Å²) < 4.78 is 1.46. The minimum Gasteiger partial charge on any atom is -0.295 e. The molecule has 0 bridgehead atoms. The molecule has 0 fully saturated rings. The summed E-state index contributed by atoms with van der Waals surface area (Å²) in [4.78, 5) is 24.8. The van der Waals surface area contributed by atoms with Crippen LogP contribution in [-0.4, -0.2) is 27.2 Å². The third-order valence-electron chi connectivity index (χ3n) is 4.21. The molecule has 0 saturated heterocycles. The van der Waals surface area contributed by atoms with Crippen LogP contribution >= 0.6 is 11.8 Å². The number of aromatic nitrogens is 2. The predicted molar refractivity (Wildman–Crippen MR) is 114 cm³/mol. The fraction of sp³-hybridized carbons (Fsp3) is 0.190. The van der Waals surface area contributed by atoms with Crippen molar-refractivity contribution >= 4 is 23.9 Å². The van der Waals surface area contributed by atoms with Gasteiger partial charge < -0.3 is 0 Å². The maximum Gasteiger partial charge on any atom is 0.280 e. The molecule has 1 heterocycles. The van der Waals surface area contributed by atoms with Gasteiger partial charge in [0.15, 0.2) is 0 Å². The molecule has 2 aromatic carbocycles. The number of aromatic amines is 1. The van der Waals surface area contributed by atoms with Crippen molar-refractivity contribution in [3.63, 3.8) is 0 Å². The molecule has 0 spiro atoms. The van der Waals surface area contributed by atoms with Crippen LogP contribution in [0.15, 0.2) is 70.6 Å². The molecule has 2 N–H and O–H groups in total. The third-order valence-corrected chi connectivity index (χ3v) is 5.43. The lowest BCUT2D eigenvalue weighted by atomic mass is 10.2. The average molecular weight is 395 g/mol. The Bertz CT molecular complexity index is 1010. The standard InChI is InChI=1S/C21H22N4O2S/c1-15-19(21(27)25(24-15)18-11-7-4-8-12-18)13-22-23-20(26)16(2)28-14-17-9-5-3-6-10-17/h3-13,16,24H,14H2,1-2H3,(H,23,26)/b22-13-/t16-/m1/s1. The Hall–Kier alpha value is -3.06. The minimum absolute atomic E-state index is 0.200. The van der Waals surface area contributed by atoms with Gasteiger partial charge in [-0.25, -0.2) is 10.1 Å².